The molecule has 0 aliphatic carbocycles. The Kier molecular flexibility index (Phi) is 3.39. The number of anilines is 2. The Labute approximate surface area is 100 Å². The second-order valence-corrected chi connectivity index (χ2v) is 3.90. The third-order valence-electron chi connectivity index (χ3n) is 2.49. The van der Waals surface area contributed by atoms with Crippen LogP contribution in [0, 0.1) is 6.92 Å². The van der Waals surface area contributed by atoms with Crippen LogP contribution in [0.1, 0.15) is 11.5 Å². The first-order valence-corrected chi connectivity index (χ1v) is 5.48. The first-order valence-electron chi connectivity index (χ1n) is 5.48. The molecule has 0 amide bonds. The minimum Gasteiger partial charge on any atom is -0.406 e. The Morgan fingerprint density at radius 1 is 1.24 bits per heavy atom. The van der Waals surface area contributed by atoms with Gasteiger partial charge in [0.05, 0.1) is 6.54 Å². The minimum atomic E-state index is 0.499. The largest absolute Gasteiger partial charge is 0.406 e. The predicted molar refractivity (Wildman–Crippen MR) is 66.3 cm³/mol. The molecule has 0 aliphatic rings. The van der Waals surface area contributed by atoms with Crippen molar-refractivity contribution >= 4 is 11.7 Å². The van der Waals surface area contributed by atoms with Crippen molar-refractivity contribution in [2.24, 2.45) is 0 Å². The number of benzene rings is 1. The van der Waals surface area contributed by atoms with Gasteiger partial charge in [-0.1, -0.05) is 22.8 Å². The molecular weight excluding hydrogens is 216 g/mol. The highest BCUT2D eigenvalue weighted by Crippen LogP contribution is 2.22. The first-order chi connectivity index (χ1) is 8.20. The van der Waals surface area contributed by atoms with Crippen molar-refractivity contribution < 1.29 is 4.42 Å². The van der Waals surface area contributed by atoms with E-state index in [-0.39, 0.29) is 0 Å². The Morgan fingerprint density at radius 3 is 2.59 bits per heavy atom. The summed E-state index contributed by atoms with van der Waals surface area (Å²) in [5, 5.41) is 10.9. The Hall–Kier alpha value is -1.88. The van der Waals surface area contributed by atoms with E-state index in [1.807, 2.05) is 31.1 Å². The third-order valence-corrected chi connectivity index (χ3v) is 2.49. The van der Waals surface area contributed by atoms with Crippen LogP contribution >= 0.6 is 0 Å². The molecule has 1 aromatic carbocycles. The number of hydrogen-bond acceptors (Lipinski definition) is 5. The highest BCUT2D eigenvalue weighted by molar-refractivity contribution is 5.55. The fourth-order valence-electron chi connectivity index (χ4n) is 1.48. The number of nitrogens with one attached hydrogen (secondary N) is 1. The lowest BCUT2D eigenvalue weighted by Gasteiger charge is -2.13. The van der Waals surface area contributed by atoms with Crippen LogP contribution in [0.15, 0.2) is 28.7 Å². The van der Waals surface area contributed by atoms with E-state index < -0.39 is 0 Å². The third kappa shape index (κ3) is 2.62. The maximum Gasteiger partial charge on any atom is 0.322 e. The van der Waals surface area contributed by atoms with Gasteiger partial charge in [0.2, 0.25) is 5.89 Å². The first kappa shape index (κ1) is 11.6. The number of nitrogens with zero attached hydrogens (tertiary/aromatic N) is 3. The van der Waals surface area contributed by atoms with E-state index in [0.717, 1.165) is 5.69 Å². The zero-order chi connectivity index (χ0) is 12.3. The van der Waals surface area contributed by atoms with Crippen LogP contribution in [-0.4, -0.2) is 24.3 Å². The van der Waals surface area contributed by atoms with Gasteiger partial charge in [-0.15, -0.1) is 5.10 Å². The molecule has 0 unspecified atom stereocenters. The standard InChI is InChI=1S/C12H16N4O/c1-9-4-6-10(7-5-9)16(3)12-15-14-11(17-12)8-13-2/h4-7,13H,8H2,1-3H3. The van der Waals surface area contributed by atoms with Crippen LogP contribution in [0.25, 0.3) is 0 Å². The summed E-state index contributed by atoms with van der Waals surface area (Å²) in [4.78, 5) is 1.87. The van der Waals surface area contributed by atoms with E-state index >= 15 is 0 Å². The highest BCUT2D eigenvalue weighted by Gasteiger charge is 2.11. The van der Waals surface area contributed by atoms with Crippen molar-refractivity contribution in [3.8, 4) is 0 Å². The molecule has 0 spiro atoms. The summed E-state index contributed by atoms with van der Waals surface area (Å²) in [6.45, 7) is 2.64. The molecule has 5 heteroatoms. The van der Waals surface area contributed by atoms with E-state index in [1.165, 1.54) is 5.56 Å². The average Bonchev–Trinajstić information content (AvgIpc) is 2.78. The smallest absolute Gasteiger partial charge is 0.322 e. The van der Waals surface area contributed by atoms with Crippen LogP contribution in [-0.2, 0) is 6.54 Å². The summed E-state index contributed by atoms with van der Waals surface area (Å²) in [5.74, 6) is 0.585. The average molecular weight is 232 g/mol. The monoisotopic (exact) mass is 232 g/mol. The van der Waals surface area contributed by atoms with E-state index in [2.05, 4.69) is 34.6 Å². The van der Waals surface area contributed by atoms with Crippen molar-refractivity contribution in [3.05, 3.63) is 35.7 Å². The van der Waals surface area contributed by atoms with E-state index in [1.54, 1.807) is 0 Å². The van der Waals surface area contributed by atoms with Crippen LogP contribution < -0.4 is 10.2 Å². The Morgan fingerprint density at radius 2 is 1.94 bits per heavy atom. The normalized spacial score (nSPS) is 10.5. The summed E-state index contributed by atoms with van der Waals surface area (Å²) in [7, 11) is 3.74. The lowest BCUT2D eigenvalue weighted by Crippen LogP contribution is -2.09. The van der Waals surface area contributed by atoms with Crippen molar-refractivity contribution in [2.75, 3.05) is 19.0 Å². The molecule has 90 valence electrons. The molecule has 1 aromatic heterocycles. The summed E-state index contributed by atoms with van der Waals surface area (Å²) in [5.41, 5.74) is 2.25. The second kappa shape index (κ2) is 4.97. The van der Waals surface area contributed by atoms with Gasteiger partial charge in [-0.3, -0.25) is 4.90 Å². The molecule has 0 radical (unpaired) electrons. The van der Waals surface area contributed by atoms with E-state index in [0.29, 0.717) is 18.5 Å². The molecule has 1 heterocycles. The zero-order valence-electron chi connectivity index (χ0n) is 10.3. The summed E-state index contributed by atoms with van der Waals surface area (Å²) < 4.78 is 5.51. The summed E-state index contributed by atoms with van der Waals surface area (Å²) in [6, 6.07) is 8.65. The van der Waals surface area contributed by atoms with E-state index in [9.17, 15) is 0 Å². The van der Waals surface area contributed by atoms with Crippen molar-refractivity contribution in [1.29, 1.82) is 0 Å². The second-order valence-electron chi connectivity index (χ2n) is 3.90. The predicted octanol–water partition coefficient (Wildman–Crippen LogP) is 1.87. The molecule has 0 aliphatic heterocycles. The fraction of sp³-hybridized carbons (Fsp3) is 0.333. The van der Waals surface area contributed by atoms with Gasteiger partial charge in [0.25, 0.3) is 0 Å². The molecule has 1 N–H and O–H groups in total. The van der Waals surface area contributed by atoms with E-state index in [4.69, 9.17) is 4.42 Å². The molecule has 17 heavy (non-hydrogen) atoms. The van der Waals surface area contributed by atoms with Crippen molar-refractivity contribution in [1.82, 2.24) is 15.5 Å². The van der Waals surface area contributed by atoms with Crippen molar-refractivity contribution in [3.63, 3.8) is 0 Å². The molecule has 0 saturated heterocycles. The van der Waals surface area contributed by atoms with Gasteiger partial charge < -0.3 is 9.73 Å². The molecule has 0 saturated carbocycles. The molecule has 0 bridgehead atoms. The Bertz CT molecular complexity index is 478. The van der Waals surface area contributed by atoms with Gasteiger partial charge in [-0.05, 0) is 26.1 Å². The number of aryl methyl sites for hydroxylation is 1. The van der Waals surface area contributed by atoms with Crippen LogP contribution in [0.2, 0.25) is 0 Å². The Balaban J connectivity index is 2.18. The molecular formula is C12H16N4O. The lowest BCUT2D eigenvalue weighted by atomic mass is 10.2. The minimum absolute atomic E-state index is 0.499. The molecule has 5 nitrogen and oxygen atoms in total. The summed E-state index contributed by atoms with van der Waals surface area (Å²) >= 11 is 0. The van der Waals surface area contributed by atoms with Gasteiger partial charge >= 0.3 is 6.01 Å². The van der Waals surface area contributed by atoms with Crippen molar-refractivity contribution in [2.45, 2.75) is 13.5 Å². The van der Waals surface area contributed by atoms with Gasteiger partial charge in [0.1, 0.15) is 0 Å². The topological polar surface area (TPSA) is 54.2 Å². The number of aromatic nitrogens is 2. The zero-order valence-corrected chi connectivity index (χ0v) is 10.3. The molecule has 0 fully saturated rings. The number of rotatable bonds is 4. The molecule has 2 rings (SSSR count). The van der Waals surface area contributed by atoms with Gasteiger partial charge in [-0.2, -0.15) is 0 Å². The maximum atomic E-state index is 5.51. The quantitative estimate of drug-likeness (QED) is 0.872. The van der Waals surface area contributed by atoms with Gasteiger partial charge in [0.15, 0.2) is 0 Å². The molecule has 2 aromatic rings. The summed E-state index contributed by atoms with van der Waals surface area (Å²) in [6.07, 6.45) is 0. The van der Waals surface area contributed by atoms with Crippen LogP contribution in [0.5, 0.6) is 0 Å². The fourth-order valence-corrected chi connectivity index (χ4v) is 1.48. The van der Waals surface area contributed by atoms with Gasteiger partial charge in [0, 0.05) is 12.7 Å². The SMILES string of the molecule is CNCc1nnc(N(C)c2ccc(C)cc2)o1. The lowest BCUT2D eigenvalue weighted by molar-refractivity contribution is 0.484. The molecule has 0 atom stereocenters. The van der Waals surface area contributed by atoms with Crippen LogP contribution in [0.3, 0.4) is 0 Å². The van der Waals surface area contributed by atoms with Gasteiger partial charge in [-0.25, -0.2) is 0 Å². The maximum absolute atomic E-state index is 5.51. The highest BCUT2D eigenvalue weighted by atomic mass is 16.4. The van der Waals surface area contributed by atoms with Crippen LogP contribution in [0.4, 0.5) is 11.7 Å². The number of hydrogen-bond donors (Lipinski definition) is 1.